The number of carbonyl (C=O) groups is 2. The van der Waals surface area contributed by atoms with Crippen LogP contribution in [0.2, 0.25) is 0 Å². The summed E-state index contributed by atoms with van der Waals surface area (Å²) >= 11 is 0. The summed E-state index contributed by atoms with van der Waals surface area (Å²) < 4.78 is 18.2. The lowest BCUT2D eigenvalue weighted by atomic mass is 10.1. The average Bonchev–Trinajstić information content (AvgIpc) is 2.98. The number of nitrogens with one attached hydrogen (secondary N) is 2. The fourth-order valence-corrected chi connectivity index (χ4v) is 2.19. The highest BCUT2D eigenvalue weighted by atomic mass is 19.1. The van der Waals surface area contributed by atoms with Crippen molar-refractivity contribution in [2.24, 2.45) is 0 Å². The van der Waals surface area contributed by atoms with Crippen molar-refractivity contribution in [2.75, 3.05) is 13.2 Å². The molecule has 6 heteroatoms. The van der Waals surface area contributed by atoms with E-state index in [2.05, 4.69) is 10.6 Å². The van der Waals surface area contributed by atoms with Crippen LogP contribution in [-0.2, 0) is 14.3 Å². The van der Waals surface area contributed by atoms with Gasteiger partial charge in [-0.15, -0.1) is 0 Å². The lowest BCUT2D eigenvalue weighted by Crippen LogP contribution is -2.43. The van der Waals surface area contributed by atoms with E-state index >= 15 is 0 Å². The van der Waals surface area contributed by atoms with Crippen LogP contribution in [0.3, 0.4) is 0 Å². The summed E-state index contributed by atoms with van der Waals surface area (Å²) in [6, 6.07) is 5.41. The zero-order valence-electron chi connectivity index (χ0n) is 11.9. The second-order valence-electron chi connectivity index (χ2n) is 5.09. The van der Waals surface area contributed by atoms with Gasteiger partial charge in [-0.1, -0.05) is 12.1 Å². The SMILES string of the molecule is C[C@H](NC(=O)C(=O)NC[C@H]1CCCO1)c1ccc(F)cc1. The standard InChI is InChI=1S/C15H19FN2O3/c1-10(11-4-6-12(16)7-5-11)18-15(20)14(19)17-9-13-3-2-8-21-13/h4-7,10,13H,2-3,8-9H2,1H3,(H,17,19)(H,18,20)/t10-,13+/m0/s1. The molecular formula is C15H19FN2O3. The Morgan fingerprint density at radius 3 is 2.67 bits per heavy atom. The normalized spacial score (nSPS) is 19.0. The van der Waals surface area contributed by atoms with E-state index in [0.29, 0.717) is 13.2 Å². The Morgan fingerprint density at radius 1 is 1.33 bits per heavy atom. The average molecular weight is 294 g/mol. The third-order valence-electron chi connectivity index (χ3n) is 3.44. The number of hydrogen-bond donors (Lipinski definition) is 2. The molecule has 5 nitrogen and oxygen atoms in total. The van der Waals surface area contributed by atoms with Crippen LogP contribution in [0.15, 0.2) is 24.3 Å². The lowest BCUT2D eigenvalue weighted by Gasteiger charge is -2.15. The maximum Gasteiger partial charge on any atom is 0.309 e. The minimum absolute atomic E-state index is 0.00345. The van der Waals surface area contributed by atoms with Crippen LogP contribution in [0.4, 0.5) is 4.39 Å². The first kappa shape index (κ1) is 15.4. The summed E-state index contributed by atoms with van der Waals surface area (Å²) in [7, 11) is 0. The van der Waals surface area contributed by atoms with Crippen molar-refractivity contribution in [3.8, 4) is 0 Å². The first-order chi connectivity index (χ1) is 10.1. The van der Waals surface area contributed by atoms with Gasteiger partial charge in [-0.05, 0) is 37.5 Å². The third kappa shape index (κ3) is 4.53. The minimum atomic E-state index is -0.704. The Balaban J connectivity index is 1.79. The van der Waals surface area contributed by atoms with Crippen LogP contribution < -0.4 is 10.6 Å². The largest absolute Gasteiger partial charge is 0.376 e. The Bertz CT molecular complexity index is 498. The third-order valence-corrected chi connectivity index (χ3v) is 3.44. The monoisotopic (exact) mass is 294 g/mol. The molecule has 0 unspecified atom stereocenters. The van der Waals surface area contributed by atoms with Gasteiger partial charge in [0.25, 0.3) is 0 Å². The first-order valence-corrected chi connectivity index (χ1v) is 7.02. The van der Waals surface area contributed by atoms with Gasteiger partial charge >= 0.3 is 11.8 Å². The van der Waals surface area contributed by atoms with Gasteiger partial charge in [-0.25, -0.2) is 4.39 Å². The van der Waals surface area contributed by atoms with Gasteiger partial charge in [0, 0.05) is 13.2 Å². The molecule has 2 rings (SSSR count). The number of ether oxygens (including phenoxy) is 1. The zero-order valence-corrected chi connectivity index (χ0v) is 11.9. The van der Waals surface area contributed by atoms with Gasteiger partial charge in [0.05, 0.1) is 12.1 Å². The number of halogens is 1. The Morgan fingerprint density at radius 2 is 2.05 bits per heavy atom. The molecule has 0 spiro atoms. The second kappa shape index (κ2) is 7.17. The fourth-order valence-electron chi connectivity index (χ4n) is 2.19. The van der Waals surface area contributed by atoms with E-state index in [1.807, 2.05) is 0 Å². The summed E-state index contributed by atoms with van der Waals surface area (Å²) in [5.74, 6) is -1.73. The van der Waals surface area contributed by atoms with Crippen molar-refractivity contribution in [3.05, 3.63) is 35.6 Å². The first-order valence-electron chi connectivity index (χ1n) is 7.02. The smallest absolute Gasteiger partial charge is 0.309 e. The Labute approximate surface area is 122 Å². The van der Waals surface area contributed by atoms with Gasteiger partial charge in [0.1, 0.15) is 5.82 Å². The van der Waals surface area contributed by atoms with Crippen LogP contribution in [0.5, 0.6) is 0 Å². The number of rotatable bonds is 4. The number of benzene rings is 1. The maximum atomic E-state index is 12.8. The van der Waals surface area contributed by atoms with Crippen LogP contribution >= 0.6 is 0 Å². The molecule has 1 aromatic carbocycles. The van der Waals surface area contributed by atoms with E-state index in [9.17, 15) is 14.0 Å². The summed E-state index contributed by atoms with van der Waals surface area (Å²) in [4.78, 5) is 23.4. The predicted octanol–water partition coefficient (Wildman–Crippen LogP) is 1.30. The highest BCUT2D eigenvalue weighted by Gasteiger charge is 2.20. The van der Waals surface area contributed by atoms with Gasteiger partial charge in [0.15, 0.2) is 0 Å². The van der Waals surface area contributed by atoms with Crippen molar-refractivity contribution in [1.82, 2.24) is 10.6 Å². The highest BCUT2D eigenvalue weighted by Crippen LogP contribution is 2.13. The molecule has 1 aliphatic rings. The Kier molecular flexibility index (Phi) is 5.27. The lowest BCUT2D eigenvalue weighted by molar-refractivity contribution is -0.139. The molecule has 1 saturated heterocycles. The topological polar surface area (TPSA) is 67.4 Å². The molecule has 1 fully saturated rings. The number of hydrogen-bond acceptors (Lipinski definition) is 3. The molecule has 1 aliphatic heterocycles. The fraction of sp³-hybridized carbons (Fsp3) is 0.467. The van der Waals surface area contributed by atoms with E-state index in [4.69, 9.17) is 4.74 Å². The molecule has 0 radical (unpaired) electrons. The second-order valence-corrected chi connectivity index (χ2v) is 5.09. The van der Waals surface area contributed by atoms with Crippen LogP contribution in [0.25, 0.3) is 0 Å². The molecule has 0 bridgehead atoms. The van der Waals surface area contributed by atoms with Crippen molar-refractivity contribution in [1.29, 1.82) is 0 Å². The molecule has 1 aromatic rings. The van der Waals surface area contributed by atoms with Crippen LogP contribution in [-0.4, -0.2) is 31.1 Å². The molecule has 2 amide bonds. The highest BCUT2D eigenvalue weighted by molar-refractivity contribution is 6.35. The van der Waals surface area contributed by atoms with Gasteiger partial charge in [-0.3, -0.25) is 9.59 Å². The molecule has 0 aliphatic carbocycles. The Hall–Kier alpha value is -1.95. The van der Waals surface area contributed by atoms with Gasteiger partial charge in [-0.2, -0.15) is 0 Å². The summed E-state index contributed by atoms with van der Waals surface area (Å²) in [6.45, 7) is 2.78. The number of carbonyl (C=O) groups excluding carboxylic acids is 2. The van der Waals surface area contributed by atoms with E-state index in [1.165, 1.54) is 12.1 Å². The maximum absolute atomic E-state index is 12.8. The zero-order chi connectivity index (χ0) is 15.2. The van der Waals surface area contributed by atoms with Crippen molar-refractivity contribution in [3.63, 3.8) is 0 Å². The predicted molar refractivity (Wildman–Crippen MR) is 74.9 cm³/mol. The van der Waals surface area contributed by atoms with Gasteiger partial charge < -0.3 is 15.4 Å². The molecular weight excluding hydrogens is 275 g/mol. The van der Waals surface area contributed by atoms with E-state index in [0.717, 1.165) is 18.4 Å². The molecule has 2 N–H and O–H groups in total. The van der Waals surface area contributed by atoms with E-state index in [1.54, 1.807) is 19.1 Å². The number of amides is 2. The van der Waals surface area contributed by atoms with Crippen LogP contribution in [0.1, 0.15) is 31.4 Å². The van der Waals surface area contributed by atoms with Crippen molar-refractivity contribution in [2.45, 2.75) is 31.9 Å². The molecule has 2 atom stereocenters. The summed E-state index contributed by atoms with van der Waals surface area (Å²) in [6.07, 6.45) is 1.87. The molecule has 114 valence electrons. The summed E-state index contributed by atoms with van der Waals surface area (Å²) in [5.41, 5.74) is 0.733. The van der Waals surface area contributed by atoms with Crippen molar-refractivity contribution >= 4 is 11.8 Å². The van der Waals surface area contributed by atoms with Crippen LogP contribution in [0, 0.1) is 5.82 Å². The molecule has 0 aromatic heterocycles. The van der Waals surface area contributed by atoms with Crippen molar-refractivity contribution < 1.29 is 18.7 Å². The molecule has 21 heavy (non-hydrogen) atoms. The van der Waals surface area contributed by atoms with E-state index < -0.39 is 11.8 Å². The molecule has 0 saturated carbocycles. The minimum Gasteiger partial charge on any atom is -0.376 e. The quantitative estimate of drug-likeness (QED) is 0.823. The summed E-state index contributed by atoms with van der Waals surface area (Å²) in [5, 5.41) is 5.13. The molecule has 1 heterocycles. The van der Waals surface area contributed by atoms with E-state index in [-0.39, 0.29) is 18.0 Å². The van der Waals surface area contributed by atoms with Gasteiger partial charge in [0.2, 0.25) is 0 Å².